The molecule has 20 heavy (non-hydrogen) atoms. The van der Waals surface area contributed by atoms with Crippen molar-refractivity contribution in [1.82, 2.24) is 8.96 Å². The molecule has 0 unspecified atom stereocenters. The summed E-state index contributed by atoms with van der Waals surface area (Å²) in [5.74, 6) is 1.32. The van der Waals surface area contributed by atoms with Gasteiger partial charge in [-0.05, 0) is 19.1 Å². The van der Waals surface area contributed by atoms with Crippen molar-refractivity contribution in [3.63, 3.8) is 0 Å². The Bertz CT molecular complexity index is 707. The fourth-order valence-corrected chi connectivity index (χ4v) is 2.63. The first-order valence-corrected chi connectivity index (χ1v) is 7.88. The number of nitrogens with zero attached hydrogens (tertiary/aromatic N) is 2. The summed E-state index contributed by atoms with van der Waals surface area (Å²) in [7, 11) is -1.90. The molecule has 0 saturated carbocycles. The van der Waals surface area contributed by atoms with Crippen molar-refractivity contribution in [2.45, 2.75) is 6.92 Å². The zero-order valence-electron chi connectivity index (χ0n) is 11.5. The van der Waals surface area contributed by atoms with Gasteiger partial charge in [0.15, 0.2) is 17.3 Å². The Labute approximate surface area is 118 Å². The van der Waals surface area contributed by atoms with E-state index in [2.05, 4.69) is 4.98 Å². The number of aromatic nitrogens is 2. The van der Waals surface area contributed by atoms with E-state index in [0.29, 0.717) is 29.5 Å². The molecule has 2 aromatic rings. The molecule has 0 atom stereocenters. The van der Waals surface area contributed by atoms with Crippen molar-refractivity contribution in [2.75, 3.05) is 20.0 Å². The van der Waals surface area contributed by atoms with E-state index < -0.39 is 10.0 Å². The number of hydrogen-bond acceptors (Lipinski definition) is 5. The average molecular weight is 296 g/mol. The van der Waals surface area contributed by atoms with Crippen LogP contribution in [0, 0.1) is 0 Å². The zero-order valence-corrected chi connectivity index (χ0v) is 12.3. The van der Waals surface area contributed by atoms with Crippen LogP contribution < -0.4 is 9.47 Å². The Kier molecular flexibility index (Phi) is 3.99. The molecule has 0 aliphatic rings. The van der Waals surface area contributed by atoms with Crippen LogP contribution in [-0.4, -0.2) is 37.3 Å². The van der Waals surface area contributed by atoms with Crippen LogP contribution in [0.1, 0.15) is 6.92 Å². The number of hydrogen-bond donors (Lipinski definition) is 0. The second kappa shape index (κ2) is 5.54. The van der Waals surface area contributed by atoms with Gasteiger partial charge in [-0.1, -0.05) is 6.07 Å². The van der Waals surface area contributed by atoms with Gasteiger partial charge in [-0.15, -0.1) is 0 Å². The summed E-state index contributed by atoms with van der Waals surface area (Å²) in [6, 6.07) is 5.26. The highest BCUT2D eigenvalue weighted by atomic mass is 32.2. The molecular weight excluding hydrogens is 280 g/mol. The first kappa shape index (κ1) is 14.4. The van der Waals surface area contributed by atoms with Gasteiger partial charge in [0.2, 0.25) is 10.0 Å². The minimum atomic E-state index is -3.43. The van der Waals surface area contributed by atoms with Gasteiger partial charge in [0.25, 0.3) is 0 Å². The van der Waals surface area contributed by atoms with Gasteiger partial charge < -0.3 is 9.47 Å². The average Bonchev–Trinajstić information content (AvgIpc) is 2.88. The maximum absolute atomic E-state index is 11.8. The molecule has 1 aromatic heterocycles. The molecule has 0 fully saturated rings. The van der Waals surface area contributed by atoms with Crippen LogP contribution in [-0.2, 0) is 10.0 Å². The summed E-state index contributed by atoms with van der Waals surface area (Å²) >= 11 is 0. The lowest BCUT2D eigenvalue weighted by atomic mass is 10.1. The normalized spacial score (nSPS) is 11.3. The van der Waals surface area contributed by atoms with Crippen LogP contribution in [0.3, 0.4) is 0 Å². The number of rotatable bonds is 5. The first-order valence-electron chi connectivity index (χ1n) is 6.03. The van der Waals surface area contributed by atoms with Crippen molar-refractivity contribution < 1.29 is 17.9 Å². The smallest absolute Gasteiger partial charge is 0.237 e. The van der Waals surface area contributed by atoms with Crippen LogP contribution in [0.5, 0.6) is 11.5 Å². The topological polar surface area (TPSA) is 70.4 Å². The third kappa shape index (κ3) is 2.62. The molecule has 0 spiro atoms. The standard InChI is InChI=1S/C13H16N2O4S/c1-4-19-12-10(6-5-7-11(12)18-2)13-14-8-9-15(13)20(3,16)17/h5-9H,4H2,1-3H3. The van der Waals surface area contributed by atoms with Gasteiger partial charge in [0.05, 0.1) is 25.5 Å². The highest BCUT2D eigenvalue weighted by molar-refractivity contribution is 7.89. The van der Waals surface area contributed by atoms with E-state index in [4.69, 9.17) is 9.47 Å². The molecule has 0 aliphatic heterocycles. The zero-order chi connectivity index (χ0) is 14.8. The highest BCUT2D eigenvalue weighted by Crippen LogP contribution is 2.37. The summed E-state index contributed by atoms with van der Waals surface area (Å²) in [6.07, 6.45) is 3.96. The van der Waals surface area contributed by atoms with Gasteiger partial charge in [-0.2, -0.15) is 0 Å². The Hall–Kier alpha value is -2.02. The number of benzene rings is 1. The molecule has 7 heteroatoms. The lowest BCUT2D eigenvalue weighted by molar-refractivity contribution is 0.312. The third-order valence-electron chi connectivity index (χ3n) is 2.69. The summed E-state index contributed by atoms with van der Waals surface area (Å²) in [6.45, 7) is 2.28. The lowest BCUT2D eigenvalue weighted by Gasteiger charge is -2.14. The molecule has 0 radical (unpaired) electrons. The fraction of sp³-hybridized carbons (Fsp3) is 0.308. The quantitative estimate of drug-likeness (QED) is 0.841. The SMILES string of the molecule is CCOc1c(OC)cccc1-c1nccn1S(C)(=O)=O. The number of methoxy groups -OCH3 is 1. The van der Waals surface area contributed by atoms with Crippen molar-refractivity contribution in [2.24, 2.45) is 0 Å². The Balaban J connectivity index is 2.67. The molecular formula is C13H16N2O4S. The van der Waals surface area contributed by atoms with Crippen molar-refractivity contribution in [1.29, 1.82) is 0 Å². The van der Waals surface area contributed by atoms with Gasteiger partial charge in [0, 0.05) is 12.4 Å². The van der Waals surface area contributed by atoms with Gasteiger partial charge in [-0.3, -0.25) is 0 Å². The van der Waals surface area contributed by atoms with Crippen LogP contribution in [0.15, 0.2) is 30.6 Å². The van der Waals surface area contributed by atoms with E-state index >= 15 is 0 Å². The van der Waals surface area contributed by atoms with E-state index in [1.807, 2.05) is 6.92 Å². The molecule has 108 valence electrons. The first-order chi connectivity index (χ1) is 9.49. The van der Waals surface area contributed by atoms with E-state index in [1.165, 1.54) is 19.5 Å². The second-order valence-electron chi connectivity index (χ2n) is 4.08. The highest BCUT2D eigenvalue weighted by Gasteiger charge is 2.19. The molecule has 0 amide bonds. The minimum absolute atomic E-state index is 0.301. The fourth-order valence-electron chi connectivity index (χ4n) is 1.89. The Morgan fingerprint density at radius 2 is 2.10 bits per heavy atom. The molecule has 0 bridgehead atoms. The summed E-state index contributed by atoms with van der Waals surface area (Å²) < 4.78 is 35.5. The van der Waals surface area contributed by atoms with Crippen LogP contribution in [0.2, 0.25) is 0 Å². The molecule has 1 heterocycles. The molecule has 0 aliphatic carbocycles. The minimum Gasteiger partial charge on any atom is -0.493 e. The molecule has 1 aromatic carbocycles. The number of ether oxygens (including phenoxy) is 2. The predicted molar refractivity (Wildman–Crippen MR) is 75.6 cm³/mol. The molecule has 2 rings (SSSR count). The molecule has 0 N–H and O–H groups in total. The summed E-state index contributed by atoms with van der Waals surface area (Å²) in [5.41, 5.74) is 0.571. The molecule has 0 saturated heterocycles. The van der Waals surface area contributed by atoms with Gasteiger partial charge in [-0.25, -0.2) is 17.4 Å². The largest absolute Gasteiger partial charge is 0.493 e. The maximum atomic E-state index is 11.8. The van der Waals surface area contributed by atoms with E-state index in [-0.39, 0.29) is 0 Å². The van der Waals surface area contributed by atoms with Crippen molar-refractivity contribution >= 4 is 10.0 Å². The third-order valence-corrected chi connectivity index (χ3v) is 3.70. The van der Waals surface area contributed by atoms with E-state index in [1.54, 1.807) is 18.2 Å². The van der Waals surface area contributed by atoms with E-state index in [9.17, 15) is 8.42 Å². The van der Waals surface area contributed by atoms with Crippen LogP contribution in [0.4, 0.5) is 0 Å². The second-order valence-corrected chi connectivity index (χ2v) is 5.94. The van der Waals surface area contributed by atoms with E-state index in [0.717, 1.165) is 10.2 Å². The predicted octanol–water partition coefficient (Wildman–Crippen LogP) is 1.77. The lowest BCUT2D eigenvalue weighted by Crippen LogP contribution is -2.11. The van der Waals surface area contributed by atoms with Gasteiger partial charge in [0.1, 0.15) is 0 Å². The molecule has 6 nitrogen and oxygen atoms in total. The van der Waals surface area contributed by atoms with Crippen molar-refractivity contribution in [3.8, 4) is 22.9 Å². The van der Waals surface area contributed by atoms with Gasteiger partial charge >= 0.3 is 0 Å². The summed E-state index contributed by atoms with van der Waals surface area (Å²) in [4.78, 5) is 4.12. The Morgan fingerprint density at radius 3 is 2.70 bits per heavy atom. The number of para-hydroxylation sites is 1. The number of imidazole rings is 1. The van der Waals surface area contributed by atoms with Crippen LogP contribution >= 0.6 is 0 Å². The van der Waals surface area contributed by atoms with Crippen LogP contribution in [0.25, 0.3) is 11.4 Å². The monoisotopic (exact) mass is 296 g/mol. The maximum Gasteiger partial charge on any atom is 0.237 e. The van der Waals surface area contributed by atoms with Crippen molar-refractivity contribution in [3.05, 3.63) is 30.6 Å². The Morgan fingerprint density at radius 1 is 1.35 bits per heavy atom. The summed E-state index contributed by atoms with van der Waals surface area (Å²) in [5, 5.41) is 0.